The molecule has 3 aliphatic carbocycles. The molecule has 0 heterocycles. The van der Waals surface area contributed by atoms with Gasteiger partial charge in [-0.1, -0.05) is 13.0 Å². The van der Waals surface area contributed by atoms with E-state index in [1.807, 2.05) is 0 Å². The highest BCUT2D eigenvalue weighted by Crippen LogP contribution is 2.76. The average Bonchev–Trinajstić information content (AvgIpc) is 2.58. The number of hydrogen-bond acceptors (Lipinski definition) is 0. The van der Waals surface area contributed by atoms with Crippen LogP contribution in [0, 0.1) is 29.4 Å². The van der Waals surface area contributed by atoms with Crippen molar-refractivity contribution < 1.29 is 43.9 Å². The molecule has 0 radical (unpaired) electrons. The fraction of sp³-hybridized carbons (Fsp3) is 0.667. The molecule has 0 unspecified atom stereocenters. The zero-order chi connectivity index (χ0) is 21.6. The Morgan fingerprint density at radius 1 is 0.786 bits per heavy atom. The van der Waals surface area contributed by atoms with E-state index in [0.717, 1.165) is 13.8 Å². The van der Waals surface area contributed by atoms with E-state index in [4.69, 9.17) is 0 Å². The maximum absolute atomic E-state index is 15.0. The van der Waals surface area contributed by atoms with Crippen LogP contribution in [0.2, 0.25) is 0 Å². The topological polar surface area (TPSA) is 0 Å². The van der Waals surface area contributed by atoms with Gasteiger partial charge in [0.05, 0.1) is 5.56 Å². The second-order valence-electron chi connectivity index (χ2n) is 8.00. The zero-order valence-electron chi connectivity index (χ0n) is 14.8. The van der Waals surface area contributed by atoms with Gasteiger partial charge < -0.3 is 0 Å². The van der Waals surface area contributed by atoms with E-state index in [1.54, 1.807) is 0 Å². The standard InChI is InChI=1S/C18H16F10/c1-9-3-4-10(12(20)11(9)19)15(21,22)17(25,26)14-7-5-13(2,6-8-14)16(23,24)18(14,27)28/h3-4H,5-8H2,1-2H3. The first-order valence-electron chi connectivity index (χ1n) is 8.46. The predicted molar refractivity (Wildman–Crippen MR) is 78.8 cm³/mol. The van der Waals surface area contributed by atoms with E-state index in [9.17, 15) is 43.9 Å². The average molecular weight is 422 g/mol. The van der Waals surface area contributed by atoms with Crippen molar-refractivity contribution in [1.29, 1.82) is 0 Å². The normalized spacial score (nSPS) is 31.9. The molecule has 10 heteroatoms. The molecule has 0 amide bonds. The van der Waals surface area contributed by atoms with Crippen molar-refractivity contribution >= 4 is 0 Å². The number of rotatable bonds is 3. The molecule has 4 rings (SSSR count). The first-order valence-corrected chi connectivity index (χ1v) is 8.46. The monoisotopic (exact) mass is 422 g/mol. The van der Waals surface area contributed by atoms with Gasteiger partial charge in [-0.05, 0) is 44.2 Å². The summed E-state index contributed by atoms with van der Waals surface area (Å²) in [5.41, 5.74) is -9.03. The Balaban J connectivity index is 2.21. The van der Waals surface area contributed by atoms with Crippen LogP contribution in [0.25, 0.3) is 0 Å². The molecule has 3 fully saturated rings. The highest BCUT2D eigenvalue weighted by atomic mass is 19.3. The fourth-order valence-corrected chi connectivity index (χ4v) is 4.41. The van der Waals surface area contributed by atoms with Gasteiger partial charge in [-0.2, -0.15) is 35.1 Å². The summed E-state index contributed by atoms with van der Waals surface area (Å²) in [6.45, 7) is 1.78. The molecule has 0 nitrogen and oxygen atoms in total. The van der Waals surface area contributed by atoms with Crippen LogP contribution in [0.1, 0.15) is 43.7 Å². The largest absolute Gasteiger partial charge is 0.339 e. The van der Waals surface area contributed by atoms with E-state index >= 15 is 0 Å². The van der Waals surface area contributed by atoms with Crippen LogP contribution in [-0.2, 0) is 5.92 Å². The summed E-state index contributed by atoms with van der Waals surface area (Å²) >= 11 is 0. The summed E-state index contributed by atoms with van der Waals surface area (Å²) in [7, 11) is 0. The quantitative estimate of drug-likeness (QED) is 0.468. The molecule has 3 aliphatic rings. The van der Waals surface area contributed by atoms with Gasteiger partial charge in [-0.15, -0.1) is 0 Å². The third-order valence-electron chi connectivity index (χ3n) is 6.57. The lowest BCUT2D eigenvalue weighted by Crippen LogP contribution is -2.75. The molecule has 0 atom stereocenters. The maximum Gasteiger partial charge on any atom is 0.339 e. The first-order chi connectivity index (χ1) is 12.5. The Bertz CT molecular complexity index is 803. The molecule has 0 spiro atoms. The molecular weight excluding hydrogens is 406 g/mol. The van der Waals surface area contributed by atoms with Gasteiger partial charge in [-0.3, -0.25) is 0 Å². The van der Waals surface area contributed by atoms with Crippen LogP contribution >= 0.6 is 0 Å². The Labute approximate surface area is 153 Å². The zero-order valence-corrected chi connectivity index (χ0v) is 14.8. The Morgan fingerprint density at radius 3 is 1.79 bits per heavy atom. The van der Waals surface area contributed by atoms with Crippen LogP contribution in [0.15, 0.2) is 12.1 Å². The van der Waals surface area contributed by atoms with Crippen molar-refractivity contribution in [2.75, 3.05) is 0 Å². The Morgan fingerprint density at radius 2 is 1.29 bits per heavy atom. The molecule has 0 N–H and O–H groups in total. The van der Waals surface area contributed by atoms with Crippen molar-refractivity contribution in [2.45, 2.75) is 63.2 Å². The first kappa shape index (κ1) is 21.2. The third-order valence-corrected chi connectivity index (χ3v) is 6.57. The minimum absolute atomic E-state index is 0.157. The number of hydrogen-bond donors (Lipinski definition) is 0. The van der Waals surface area contributed by atoms with Crippen molar-refractivity contribution in [3.8, 4) is 0 Å². The van der Waals surface area contributed by atoms with Gasteiger partial charge in [-0.25, -0.2) is 8.78 Å². The second-order valence-corrected chi connectivity index (χ2v) is 8.00. The second kappa shape index (κ2) is 5.56. The van der Waals surface area contributed by atoms with E-state index in [2.05, 4.69) is 0 Å². The molecule has 2 bridgehead atoms. The summed E-state index contributed by atoms with van der Waals surface area (Å²) in [6.07, 6.45) is -4.26. The SMILES string of the molecule is Cc1ccc(C(F)(F)C(F)(F)C23CCC(C)(CC2)C(F)(F)C3(F)F)c(F)c1F. The van der Waals surface area contributed by atoms with E-state index in [1.165, 1.54) is 0 Å². The van der Waals surface area contributed by atoms with Gasteiger partial charge in [0.25, 0.3) is 0 Å². The summed E-state index contributed by atoms with van der Waals surface area (Å²) in [4.78, 5) is 0. The number of fused-ring (bicyclic) bond motifs is 3. The van der Waals surface area contributed by atoms with Crippen LogP contribution in [0.5, 0.6) is 0 Å². The maximum atomic E-state index is 15.0. The summed E-state index contributed by atoms with van der Waals surface area (Å²) in [5.74, 6) is -26.0. The molecule has 0 aromatic heterocycles. The van der Waals surface area contributed by atoms with E-state index < -0.39 is 83.0 Å². The van der Waals surface area contributed by atoms with Gasteiger partial charge in [0.1, 0.15) is 5.41 Å². The number of aryl methyl sites for hydroxylation is 1. The van der Waals surface area contributed by atoms with Crippen molar-refractivity contribution in [3.05, 3.63) is 34.9 Å². The predicted octanol–water partition coefficient (Wildman–Crippen LogP) is 6.85. The van der Waals surface area contributed by atoms with Crippen molar-refractivity contribution in [1.82, 2.24) is 0 Å². The summed E-state index contributed by atoms with van der Waals surface area (Å²) in [6, 6.07) is 0.741. The minimum Gasteiger partial charge on any atom is -0.203 e. The fourth-order valence-electron chi connectivity index (χ4n) is 4.41. The molecular formula is C18H16F10. The highest BCUT2D eigenvalue weighted by molar-refractivity contribution is 5.33. The van der Waals surface area contributed by atoms with Crippen molar-refractivity contribution in [3.63, 3.8) is 0 Å². The molecule has 0 aliphatic heterocycles. The van der Waals surface area contributed by atoms with Crippen LogP contribution in [0.3, 0.4) is 0 Å². The van der Waals surface area contributed by atoms with Gasteiger partial charge in [0.2, 0.25) is 0 Å². The van der Waals surface area contributed by atoms with E-state index in [-0.39, 0.29) is 6.07 Å². The van der Waals surface area contributed by atoms with Crippen LogP contribution in [0.4, 0.5) is 43.9 Å². The lowest BCUT2D eigenvalue weighted by molar-refractivity contribution is -0.426. The van der Waals surface area contributed by atoms with E-state index in [0.29, 0.717) is 6.07 Å². The lowest BCUT2D eigenvalue weighted by Gasteiger charge is -2.62. The van der Waals surface area contributed by atoms with Gasteiger partial charge in [0, 0.05) is 5.41 Å². The molecule has 28 heavy (non-hydrogen) atoms. The molecule has 1 aromatic rings. The molecule has 1 aromatic carbocycles. The number of alkyl halides is 8. The van der Waals surface area contributed by atoms with Gasteiger partial charge in [0.15, 0.2) is 11.6 Å². The Hall–Kier alpha value is -1.48. The molecule has 3 saturated carbocycles. The number of benzene rings is 1. The summed E-state index contributed by atoms with van der Waals surface area (Å²) < 4.78 is 145. The van der Waals surface area contributed by atoms with Crippen LogP contribution < -0.4 is 0 Å². The Kier molecular flexibility index (Phi) is 4.22. The van der Waals surface area contributed by atoms with Crippen LogP contribution in [-0.4, -0.2) is 17.8 Å². The lowest BCUT2D eigenvalue weighted by atomic mass is 9.47. The molecule has 0 saturated heterocycles. The highest BCUT2D eigenvalue weighted by Gasteiger charge is 2.89. The summed E-state index contributed by atoms with van der Waals surface area (Å²) in [5, 5.41) is 0. The minimum atomic E-state index is -5.77. The number of halogens is 10. The smallest absolute Gasteiger partial charge is 0.203 e. The molecule has 158 valence electrons. The van der Waals surface area contributed by atoms with Crippen molar-refractivity contribution in [2.24, 2.45) is 10.8 Å². The van der Waals surface area contributed by atoms with Gasteiger partial charge >= 0.3 is 23.7 Å². The third kappa shape index (κ3) is 2.09.